The lowest BCUT2D eigenvalue weighted by Crippen LogP contribution is -1.92. The maximum atomic E-state index is 5.82. The van der Waals surface area contributed by atoms with Crippen LogP contribution in [-0.2, 0) is 0 Å². The van der Waals surface area contributed by atoms with Gasteiger partial charge in [-0.25, -0.2) is 0 Å². The summed E-state index contributed by atoms with van der Waals surface area (Å²) in [6.07, 6.45) is 7.28. The molecule has 2 nitrogen and oxygen atoms in total. The van der Waals surface area contributed by atoms with Crippen LogP contribution in [0, 0.1) is 0 Å². The summed E-state index contributed by atoms with van der Waals surface area (Å²) in [6, 6.07) is 0. The first kappa shape index (κ1) is 11.9. The van der Waals surface area contributed by atoms with Crippen molar-refractivity contribution in [2.24, 2.45) is 0 Å². The molecule has 1 aromatic rings. The average Bonchev–Trinajstić information content (AvgIpc) is 2.16. The van der Waals surface area contributed by atoms with Crippen LogP contribution in [0.3, 0.4) is 0 Å². The van der Waals surface area contributed by atoms with E-state index in [1.807, 2.05) is 0 Å². The van der Waals surface area contributed by atoms with Gasteiger partial charge in [-0.2, -0.15) is 0 Å². The number of nitrogens with two attached hydrogens (primary N) is 1. The predicted molar refractivity (Wildman–Crippen MR) is 66.6 cm³/mol. The maximum Gasteiger partial charge on any atom is 0.0650 e. The van der Waals surface area contributed by atoms with Crippen molar-refractivity contribution in [3.05, 3.63) is 16.9 Å². The van der Waals surface area contributed by atoms with Gasteiger partial charge in [-0.1, -0.05) is 19.8 Å². The number of anilines is 1. The Morgan fingerprint density at radius 2 is 2.21 bits per heavy atom. The quantitative estimate of drug-likeness (QED) is 0.657. The number of nitrogens with zero attached hydrogens (tertiary/aromatic N) is 1. The zero-order chi connectivity index (χ0) is 10.4. The molecule has 0 aliphatic carbocycles. The van der Waals surface area contributed by atoms with E-state index in [4.69, 9.17) is 5.73 Å². The van der Waals surface area contributed by atoms with Gasteiger partial charge in [0, 0.05) is 11.1 Å². The van der Waals surface area contributed by atoms with E-state index < -0.39 is 0 Å². The Morgan fingerprint density at radius 3 is 2.86 bits per heavy atom. The van der Waals surface area contributed by atoms with E-state index in [2.05, 4.69) is 27.8 Å². The van der Waals surface area contributed by atoms with Gasteiger partial charge in [0.2, 0.25) is 0 Å². The fourth-order valence-electron chi connectivity index (χ4n) is 1.12. The van der Waals surface area contributed by atoms with Crippen molar-refractivity contribution in [2.45, 2.75) is 31.1 Å². The SMILES string of the molecule is CCCCCSc1c(N)cncc1Br. The lowest BCUT2D eigenvalue weighted by Gasteiger charge is -2.06. The minimum absolute atomic E-state index is 0.765. The molecular formula is C10H15BrN2S. The van der Waals surface area contributed by atoms with Gasteiger partial charge in [0.25, 0.3) is 0 Å². The fourth-order valence-corrected chi connectivity index (χ4v) is 2.77. The number of halogens is 1. The van der Waals surface area contributed by atoms with E-state index in [0.717, 1.165) is 20.8 Å². The highest BCUT2D eigenvalue weighted by Gasteiger charge is 2.04. The summed E-state index contributed by atoms with van der Waals surface area (Å²) < 4.78 is 0.999. The zero-order valence-corrected chi connectivity index (χ0v) is 10.7. The van der Waals surface area contributed by atoms with Crippen molar-refractivity contribution in [3.63, 3.8) is 0 Å². The molecule has 0 radical (unpaired) electrons. The summed E-state index contributed by atoms with van der Waals surface area (Å²) in [5.41, 5.74) is 6.59. The summed E-state index contributed by atoms with van der Waals surface area (Å²) in [7, 11) is 0. The standard InChI is InChI=1S/C10H15BrN2S/c1-2-3-4-5-14-10-8(11)6-13-7-9(10)12/h6-7H,2-5,12H2,1H3. The van der Waals surface area contributed by atoms with Crippen LogP contribution >= 0.6 is 27.7 Å². The van der Waals surface area contributed by atoms with Crippen molar-refractivity contribution in [1.29, 1.82) is 0 Å². The van der Waals surface area contributed by atoms with Gasteiger partial charge < -0.3 is 5.73 Å². The highest BCUT2D eigenvalue weighted by atomic mass is 79.9. The third-order valence-corrected chi connectivity index (χ3v) is 3.98. The van der Waals surface area contributed by atoms with Gasteiger partial charge in [-0.15, -0.1) is 11.8 Å². The number of thioether (sulfide) groups is 1. The molecule has 0 aliphatic rings. The topological polar surface area (TPSA) is 38.9 Å². The average molecular weight is 275 g/mol. The molecule has 78 valence electrons. The number of aromatic nitrogens is 1. The molecule has 0 aliphatic heterocycles. The van der Waals surface area contributed by atoms with E-state index in [1.165, 1.54) is 19.3 Å². The molecule has 0 bridgehead atoms. The molecule has 2 N–H and O–H groups in total. The van der Waals surface area contributed by atoms with Crippen LogP contribution < -0.4 is 5.73 Å². The largest absolute Gasteiger partial charge is 0.397 e. The number of unbranched alkanes of at least 4 members (excludes halogenated alkanes) is 2. The minimum atomic E-state index is 0.765. The molecule has 0 amide bonds. The maximum absolute atomic E-state index is 5.82. The molecule has 4 heteroatoms. The van der Waals surface area contributed by atoms with Crippen LogP contribution in [0.25, 0.3) is 0 Å². The number of nitrogen functional groups attached to an aromatic ring is 1. The van der Waals surface area contributed by atoms with Gasteiger partial charge >= 0.3 is 0 Å². The lowest BCUT2D eigenvalue weighted by molar-refractivity contribution is 0.778. The van der Waals surface area contributed by atoms with Gasteiger partial charge in [-0.3, -0.25) is 4.98 Å². The molecule has 1 heterocycles. The van der Waals surface area contributed by atoms with Crippen LogP contribution in [0.15, 0.2) is 21.8 Å². The number of hydrogen-bond acceptors (Lipinski definition) is 3. The fraction of sp³-hybridized carbons (Fsp3) is 0.500. The van der Waals surface area contributed by atoms with Gasteiger partial charge in [-0.05, 0) is 28.1 Å². The minimum Gasteiger partial charge on any atom is -0.397 e. The van der Waals surface area contributed by atoms with Gasteiger partial charge in [0.05, 0.1) is 16.4 Å². The van der Waals surface area contributed by atoms with Crippen molar-refractivity contribution < 1.29 is 0 Å². The summed E-state index contributed by atoms with van der Waals surface area (Å²) in [5.74, 6) is 1.13. The highest BCUT2D eigenvalue weighted by Crippen LogP contribution is 2.32. The molecular weight excluding hydrogens is 260 g/mol. The zero-order valence-electron chi connectivity index (χ0n) is 8.29. The van der Waals surface area contributed by atoms with Crippen LogP contribution in [0.4, 0.5) is 5.69 Å². The number of pyridine rings is 1. The van der Waals surface area contributed by atoms with E-state index in [9.17, 15) is 0 Å². The lowest BCUT2D eigenvalue weighted by atomic mass is 10.3. The summed E-state index contributed by atoms with van der Waals surface area (Å²) in [6.45, 7) is 2.21. The molecule has 14 heavy (non-hydrogen) atoms. The summed E-state index contributed by atoms with van der Waals surface area (Å²) in [4.78, 5) is 5.13. The Labute approximate surface area is 97.8 Å². The summed E-state index contributed by atoms with van der Waals surface area (Å²) in [5, 5.41) is 0. The van der Waals surface area contributed by atoms with E-state index in [0.29, 0.717) is 0 Å². The van der Waals surface area contributed by atoms with Crippen LogP contribution in [0.5, 0.6) is 0 Å². The molecule has 0 atom stereocenters. The van der Waals surface area contributed by atoms with Crippen molar-refractivity contribution in [2.75, 3.05) is 11.5 Å². The molecule has 0 saturated heterocycles. The molecule has 0 saturated carbocycles. The Balaban J connectivity index is 2.49. The smallest absolute Gasteiger partial charge is 0.0650 e. The summed E-state index contributed by atoms with van der Waals surface area (Å²) >= 11 is 5.25. The van der Waals surface area contributed by atoms with Crippen LogP contribution in [-0.4, -0.2) is 10.7 Å². The van der Waals surface area contributed by atoms with E-state index >= 15 is 0 Å². The van der Waals surface area contributed by atoms with E-state index in [1.54, 1.807) is 24.2 Å². The Bertz CT molecular complexity index is 271. The second-order valence-electron chi connectivity index (χ2n) is 3.10. The Kier molecular flexibility index (Phi) is 5.33. The first-order valence-corrected chi connectivity index (χ1v) is 6.55. The second kappa shape index (κ2) is 6.30. The molecule has 0 unspecified atom stereocenters. The third kappa shape index (κ3) is 3.50. The molecule has 0 spiro atoms. The van der Waals surface area contributed by atoms with Crippen molar-refractivity contribution in [3.8, 4) is 0 Å². The van der Waals surface area contributed by atoms with Gasteiger partial charge in [0.1, 0.15) is 0 Å². The highest BCUT2D eigenvalue weighted by molar-refractivity contribution is 9.10. The van der Waals surface area contributed by atoms with Crippen molar-refractivity contribution in [1.82, 2.24) is 4.98 Å². The predicted octanol–water partition coefficient (Wildman–Crippen LogP) is 3.71. The first-order valence-electron chi connectivity index (χ1n) is 4.77. The van der Waals surface area contributed by atoms with Crippen molar-refractivity contribution >= 4 is 33.4 Å². The molecule has 1 rings (SSSR count). The normalized spacial score (nSPS) is 10.4. The van der Waals surface area contributed by atoms with Crippen LogP contribution in [0.1, 0.15) is 26.2 Å². The van der Waals surface area contributed by atoms with Gasteiger partial charge in [0.15, 0.2) is 0 Å². The second-order valence-corrected chi connectivity index (χ2v) is 5.05. The Morgan fingerprint density at radius 1 is 1.43 bits per heavy atom. The molecule has 0 fully saturated rings. The Hall–Kier alpha value is -0.220. The van der Waals surface area contributed by atoms with Crippen LogP contribution in [0.2, 0.25) is 0 Å². The number of rotatable bonds is 5. The number of hydrogen-bond donors (Lipinski definition) is 1. The molecule has 0 aromatic carbocycles. The third-order valence-electron chi connectivity index (χ3n) is 1.87. The first-order chi connectivity index (χ1) is 6.75. The molecule has 1 aromatic heterocycles. The monoisotopic (exact) mass is 274 g/mol. The van der Waals surface area contributed by atoms with E-state index in [-0.39, 0.29) is 0 Å².